The summed E-state index contributed by atoms with van der Waals surface area (Å²) in [6.07, 6.45) is 0.930. The first-order valence-corrected chi connectivity index (χ1v) is 11.6. The molecule has 0 radical (unpaired) electrons. The molecule has 0 spiro atoms. The van der Waals surface area contributed by atoms with Gasteiger partial charge in [0.2, 0.25) is 5.91 Å². The van der Waals surface area contributed by atoms with Crippen LogP contribution in [0.5, 0.6) is 11.5 Å². The molecule has 0 saturated carbocycles. The van der Waals surface area contributed by atoms with Crippen LogP contribution in [-0.4, -0.2) is 61.5 Å². The van der Waals surface area contributed by atoms with Gasteiger partial charge < -0.3 is 24.8 Å². The molecule has 35 heavy (non-hydrogen) atoms. The molecule has 10 nitrogen and oxygen atoms in total. The van der Waals surface area contributed by atoms with E-state index in [0.29, 0.717) is 35.2 Å². The van der Waals surface area contributed by atoms with Gasteiger partial charge in [-0.25, -0.2) is 0 Å². The number of carbonyl (C=O) groups excluding carboxylic acids is 3. The SMILES string of the molecule is CCC(C)Cn1nc(C(=O)NC(C(=O)NCC(=O)OC)C(C)C)cc1-c1c(OC)cccc1OC. The molecule has 0 bridgehead atoms. The Bertz CT molecular complexity index is 1010. The van der Waals surface area contributed by atoms with Gasteiger partial charge in [-0.05, 0) is 30.0 Å². The molecule has 2 atom stereocenters. The van der Waals surface area contributed by atoms with Gasteiger partial charge in [-0.15, -0.1) is 0 Å². The third-order valence-corrected chi connectivity index (χ3v) is 5.75. The lowest BCUT2D eigenvalue weighted by Gasteiger charge is -2.21. The van der Waals surface area contributed by atoms with Gasteiger partial charge in [0.25, 0.3) is 5.91 Å². The number of hydrogen-bond acceptors (Lipinski definition) is 7. The quantitative estimate of drug-likeness (QED) is 0.441. The van der Waals surface area contributed by atoms with Crippen molar-refractivity contribution in [3.05, 3.63) is 30.0 Å². The molecule has 1 heterocycles. The van der Waals surface area contributed by atoms with Crippen molar-refractivity contribution in [1.82, 2.24) is 20.4 Å². The number of aromatic nitrogens is 2. The summed E-state index contributed by atoms with van der Waals surface area (Å²) in [4.78, 5) is 37.2. The van der Waals surface area contributed by atoms with E-state index < -0.39 is 23.8 Å². The standard InChI is InChI=1S/C25H36N4O6/c1-8-16(4)14-29-18(22-19(33-5)10-9-11-20(22)34-6)12-17(28-29)24(31)27-23(15(2)3)25(32)26-13-21(30)35-7/h9-12,15-16,23H,8,13-14H2,1-7H3,(H,26,32)(H,27,31). The highest BCUT2D eigenvalue weighted by molar-refractivity contribution is 5.97. The summed E-state index contributed by atoms with van der Waals surface area (Å²) in [5, 5.41) is 9.81. The minimum absolute atomic E-state index is 0.155. The summed E-state index contributed by atoms with van der Waals surface area (Å²) in [7, 11) is 4.38. The van der Waals surface area contributed by atoms with Gasteiger partial charge in [-0.1, -0.05) is 40.2 Å². The molecule has 2 unspecified atom stereocenters. The third kappa shape index (κ3) is 6.97. The first-order valence-electron chi connectivity index (χ1n) is 11.6. The van der Waals surface area contributed by atoms with E-state index in [9.17, 15) is 14.4 Å². The van der Waals surface area contributed by atoms with Crippen LogP contribution in [0, 0.1) is 11.8 Å². The minimum atomic E-state index is -0.865. The normalized spacial score (nSPS) is 12.6. The van der Waals surface area contributed by atoms with Crippen LogP contribution in [0.2, 0.25) is 0 Å². The van der Waals surface area contributed by atoms with Gasteiger partial charge in [0.15, 0.2) is 5.69 Å². The maximum atomic E-state index is 13.2. The lowest BCUT2D eigenvalue weighted by atomic mass is 10.0. The van der Waals surface area contributed by atoms with Gasteiger partial charge in [0, 0.05) is 6.54 Å². The molecule has 0 aliphatic heterocycles. The number of nitrogens with one attached hydrogen (secondary N) is 2. The molecule has 0 aliphatic rings. The fourth-order valence-electron chi connectivity index (χ4n) is 3.49. The van der Waals surface area contributed by atoms with Crippen molar-refractivity contribution in [3.63, 3.8) is 0 Å². The van der Waals surface area contributed by atoms with Crippen LogP contribution >= 0.6 is 0 Å². The predicted octanol–water partition coefficient (Wildman–Crippen LogP) is 2.66. The summed E-state index contributed by atoms with van der Waals surface area (Å²) in [5.41, 5.74) is 1.51. The smallest absolute Gasteiger partial charge is 0.325 e. The Morgan fingerprint density at radius 1 is 1.06 bits per heavy atom. The molecule has 2 N–H and O–H groups in total. The average molecular weight is 489 g/mol. The van der Waals surface area contributed by atoms with Crippen molar-refractivity contribution < 1.29 is 28.6 Å². The first kappa shape index (κ1) is 27.7. The fraction of sp³-hybridized carbons (Fsp3) is 0.520. The van der Waals surface area contributed by atoms with Crippen LogP contribution in [0.3, 0.4) is 0 Å². The van der Waals surface area contributed by atoms with Crippen molar-refractivity contribution in [1.29, 1.82) is 0 Å². The van der Waals surface area contributed by atoms with E-state index >= 15 is 0 Å². The van der Waals surface area contributed by atoms with Gasteiger partial charge in [0.05, 0.1) is 32.6 Å². The monoisotopic (exact) mass is 488 g/mol. The molecule has 0 fully saturated rings. The molecule has 10 heteroatoms. The van der Waals surface area contributed by atoms with E-state index in [1.807, 2.05) is 18.2 Å². The van der Waals surface area contributed by atoms with Crippen LogP contribution in [0.25, 0.3) is 11.3 Å². The van der Waals surface area contributed by atoms with E-state index in [4.69, 9.17) is 9.47 Å². The number of esters is 1. The first-order chi connectivity index (χ1) is 16.7. The summed E-state index contributed by atoms with van der Waals surface area (Å²) in [5.74, 6) is -0.316. The van der Waals surface area contributed by atoms with Crippen LogP contribution in [0.1, 0.15) is 44.6 Å². The van der Waals surface area contributed by atoms with Crippen molar-refractivity contribution in [2.24, 2.45) is 11.8 Å². The topological polar surface area (TPSA) is 121 Å². The minimum Gasteiger partial charge on any atom is -0.496 e. The van der Waals surface area contributed by atoms with Gasteiger partial charge >= 0.3 is 5.97 Å². The highest BCUT2D eigenvalue weighted by atomic mass is 16.5. The van der Waals surface area contributed by atoms with E-state index in [2.05, 4.69) is 34.3 Å². The Labute approximate surface area is 206 Å². The maximum Gasteiger partial charge on any atom is 0.325 e. The summed E-state index contributed by atoms with van der Waals surface area (Å²) in [6.45, 7) is 8.09. The Morgan fingerprint density at radius 3 is 2.20 bits per heavy atom. The molecule has 2 amide bonds. The van der Waals surface area contributed by atoms with Crippen LogP contribution < -0.4 is 20.1 Å². The van der Waals surface area contributed by atoms with Crippen LogP contribution in [0.15, 0.2) is 24.3 Å². The summed E-state index contributed by atoms with van der Waals surface area (Å²) < 4.78 is 17.5. The van der Waals surface area contributed by atoms with E-state index in [1.165, 1.54) is 7.11 Å². The Kier molecular flexibility index (Phi) is 10.1. The van der Waals surface area contributed by atoms with E-state index in [-0.39, 0.29) is 18.2 Å². The molecular weight excluding hydrogens is 452 g/mol. The molecule has 192 valence electrons. The number of benzene rings is 1. The molecular formula is C25H36N4O6. The van der Waals surface area contributed by atoms with Gasteiger partial charge in [-0.3, -0.25) is 19.1 Å². The van der Waals surface area contributed by atoms with Crippen molar-refractivity contribution >= 4 is 17.8 Å². The Hall–Kier alpha value is -3.56. The molecule has 2 rings (SSSR count). The Balaban J connectivity index is 2.43. The summed E-state index contributed by atoms with van der Waals surface area (Å²) >= 11 is 0. The number of nitrogens with zero attached hydrogens (tertiary/aromatic N) is 2. The van der Waals surface area contributed by atoms with E-state index in [0.717, 1.165) is 6.42 Å². The van der Waals surface area contributed by atoms with Crippen molar-refractivity contribution in [2.75, 3.05) is 27.9 Å². The van der Waals surface area contributed by atoms with Gasteiger partial charge in [-0.2, -0.15) is 5.10 Å². The van der Waals surface area contributed by atoms with Gasteiger partial charge in [0.1, 0.15) is 24.1 Å². The second kappa shape index (κ2) is 12.8. The summed E-state index contributed by atoms with van der Waals surface area (Å²) in [6, 6.07) is 6.26. The molecule has 2 aromatic rings. The lowest BCUT2D eigenvalue weighted by Crippen LogP contribution is -2.50. The zero-order valence-electron chi connectivity index (χ0n) is 21.5. The number of hydrogen-bond donors (Lipinski definition) is 2. The molecule has 0 saturated heterocycles. The maximum absolute atomic E-state index is 13.2. The second-order valence-corrected chi connectivity index (χ2v) is 8.64. The number of rotatable bonds is 12. The average Bonchev–Trinajstić information content (AvgIpc) is 3.27. The molecule has 0 aliphatic carbocycles. The molecule has 1 aromatic heterocycles. The van der Waals surface area contributed by atoms with Crippen molar-refractivity contribution in [2.45, 2.75) is 46.7 Å². The fourth-order valence-corrected chi connectivity index (χ4v) is 3.49. The lowest BCUT2D eigenvalue weighted by molar-refractivity contribution is -0.141. The Morgan fingerprint density at radius 2 is 1.69 bits per heavy atom. The highest BCUT2D eigenvalue weighted by Gasteiger charge is 2.28. The largest absolute Gasteiger partial charge is 0.496 e. The van der Waals surface area contributed by atoms with Crippen LogP contribution in [0.4, 0.5) is 0 Å². The second-order valence-electron chi connectivity index (χ2n) is 8.64. The van der Waals surface area contributed by atoms with Crippen LogP contribution in [-0.2, 0) is 20.9 Å². The number of amides is 2. The predicted molar refractivity (Wildman–Crippen MR) is 131 cm³/mol. The highest BCUT2D eigenvalue weighted by Crippen LogP contribution is 2.38. The van der Waals surface area contributed by atoms with E-state index in [1.54, 1.807) is 38.8 Å². The third-order valence-electron chi connectivity index (χ3n) is 5.75. The zero-order valence-corrected chi connectivity index (χ0v) is 21.5. The van der Waals surface area contributed by atoms with Crippen molar-refractivity contribution in [3.8, 4) is 22.8 Å². The molecule has 1 aromatic carbocycles. The zero-order chi connectivity index (χ0) is 26.1. The number of ether oxygens (including phenoxy) is 3. The number of carbonyl (C=O) groups is 3. The number of methoxy groups -OCH3 is 3.